The van der Waals surface area contributed by atoms with Gasteiger partial charge in [-0.05, 0) is 32.6 Å². The van der Waals surface area contributed by atoms with Gasteiger partial charge in [-0.15, -0.1) is 13.2 Å². The third kappa shape index (κ3) is 5.74. The van der Waals surface area contributed by atoms with Crippen LogP contribution in [-0.4, -0.2) is 99.6 Å². The van der Waals surface area contributed by atoms with Gasteiger partial charge < -0.3 is 29.7 Å². The van der Waals surface area contributed by atoms with Crippen molar-refractivity contribution in [3.8, 4) is 0 Å². The second-order valence-corrected chi connectivity index (χ2v) is 12.5. The standard InChI is InChI=1S/C29H42BrN3O7/c1-4-6-12-21(35)31-17-18(3)39-28(38)22-23-26(36)33(14-15-34)25(29(23)16-20(30)24(22)40-29)27(37)32(13-5-2)19-10-8-7-9-11-19/h4-5,18-20,22-25,34H,1-2,6-17H2,3H3,(H,31,35)/t18-,20?,22+,23-,24+,25+,29-/m0/s1. The van der Waals surface area contributed by atoms with Crippen molar-refractivity contribution >= 4 is 39.6 Å². The molecule has 222 valence electrons. The molecule has 4 aliphatic rings. The van der Waals surface area contributed by atoms with E-state index in [9.17, 15) is 24.3 Å². The largest absolute Gasteiger partial charge is 0.460 e. The fourth-order valence-corrected chi connectivity index (χ4v) is 7.97. The number of likely N-dealkylation sites (tertiary alicyclic amines) is 1. The fraction of sp³-hybridized carbons (Fsp3) is 0.724. The van der Waals surface area contributed by atoms with Gasteiger partial charge in [0, 0.05) is 30.4 Å². The summed E-state index contributed by atoms with van der Waals surface area (Å²) in [5.41, 5.74) is -1.21. The lowest BCUT2D eigenvalue weighted by molar-refractivity contribution is -0.159. The normalized spacial score (nSPS) is 31.9. The van der Waals surface area contributed by atoms with E-state index in [1.165, 1.54) is 4.90 Å². The number of nitrogens with zero attached hydrogens (tertiary/aromatic N) is 2. The molecule has 0 aromatic carbocycles. The quantitative estimate of drug-likeness (QED) is 0.183. The van der Waals surface area contributed by atoms with E-state index in [-0.39, 0.29) is 48.3 Å². The number of amides is 3. The summed E-state index contributed by atoms with van der Waals surface area (Å²) in [5, 5.41) is 12.6. The molecule has 10 nitrogen and oxygen atoms in total. The Morgan fingerprint density at radius 1 is 1.27 bits per heavy atom. The van der Waals surface area contributed by atoms with Gasteiger partial charge in [0.1, 0.15) is 17.7 Å². The number of rotatable bonds is 13. The molecule has 0 aromatic rings. The van der Waals surface area contributed by atoms with Crippen LogP contribution in [0, 0.1) is 11.8 Å². The number of hydrogen-bond donors (Lipinski definition) is 2. The van der Waals surface area contributed by atoms with E-state index >= 15 is 0 Å². The Morgan fingerprint density at radius 2 is 2.00 bits per heavy atom. The van der Waals surface area contributed by atoms with Crippen LogP contribution in [0.2, 0.25) is 0 Å². The average Bonchev–Trinajstić information content (AvgIpc) is 3.53. The summed E-state index contributed by atoms with van der Waals surface area (Å²) in [6, 6.07) is -0.911. The zero-order chi connectivity index (χ0) is 29.0. The molecule has 3 aliphatic heterocycles. The first-order chi connectivity index (χ1) is 19.2. The highest BCUT2D eigenvalue weighted by atomic mass is 79.9. The first-order valence-electron chi connectivity index (χ1n) is 14.4. The zero-order valence-corrected chi connectivity index (χ0v) is 24.9. The molecule has 1 saturated carbocycles. The molecule has 3 amide bonds. The monoisotopic (exact) mass is 623 g/mol. The predicted molar refractivity (Wildman–Crippen MR) is 151 cm³/mol. The van der Waals surface area contributed by atoms with Gasteiger partial charge in [0.15, 0.2) is 0 Å². The van der Waals surface area contributed by atoms with E-state index in [1.807, 2.05) is 4.90 Å². The summed E-state index contributed by atoms with van der Waals surface area (Å²) in [6.45, 7) is 9.28. The van der Waals surface area contributed by atoms with Crippen LogP contribution in [-0.2, 0) is 28.7 Å². The lowest BCUT2D eigenvalue weighted by atomic mass is 9.70. The summed E-state index contributed by atoms with van der Waals surface area (Å²) in [7, 11) is 0. The molecule has 11 heteroatoms. The van der Waals surface area contributed by atoms with Crippen LogP contribution in [0.3, 0.4) is 0 Å². The number of ether oxygens (including phenoxy) is 2. The molecule has 2 N–H and O–H groups in total. The SMILES string of the molecule is C=CCCC(=O)NC[C@H](C)OC(=O)[C@H]1[C@@H]2O[C@@]3(CC2Br)[C@@H]1C(=O)N(CCO)[C@@H]3C(=O)N(CC=C)C1CCCCC1. The minimum absolute atomic E-state index is 0.0318. The maximum atomic E-state index is 14.3. The molecule has 4 rings (SSSR count). The summed E-state index contributed by atoms with van der Waals surface area (Å²) in [5.74, 6) is -3.16. The van der Waals surface area contributed by atoms with E-state index in [4.69, 9.17) is 9.47 Å². The first kappa shape index (κ1) is 30.7. The topological polar surface area (TPSA) is 125 Å². The van der Waals surface area contributed by atoms with E-state index in [2.05, 4.69) is 34.4 Å². The molecule has 0 aromatic heterocycles. The minimum atomic E-state index is -1.21. The number of nitrogens with one attached hydrogen (secondary N) is 1. The number of allylic oxidation sites excluding steroid dienone is 1. The van der Waals surface area contributed by atoms with Gasteiger partial charge in [0.05, 0.1) is 31.1 Å². The smallest absolute Gasteiger partial charge is 0.312 e. The van der Waals surface area contributed by atoms with Gasteiger partial charge in [0.25, 0.3) is 0 Å². The minimum Gasteiger partial charge on any atom is -0.460 e. The summed E-state index contributed by atoms with van der Waals surface area (Å²) in [6.07, 6.45) is 8.31. The fourth-order valence-electron chi connectivity index (χ4n) is 7.03. The predicted octanol–water partition coefficient (Wildman–Crippen LogP) is 2.09. The van der Waals surface area contributed by atoms with E-state index in [0.29, 0.717) is 25.8 Å². The number of esters is 1. The molecule has 7 atom stereocenters. The number of hydrogen-bond acceptors (Lipinski definition) is 7. The van der Waals surface area contributed by atoms with E-state index in [0.717, 1.165) is 32.1 Å². The van der Waals surface area contributed by atoms with Crippen molar-refractivity contribution in [1.29, 1.82) is 0 Å². The Morgan fingerprint density at radius 3 is 2.65 bits per heavy atom. The van der Waals surface area contributed by atoms with Crippen LogP contribution in [0.25, 0.3) is 0 Å². The third-order valence-corrected chi connectivity index (χ3v) is 9.58. The second-order valence-electron chi connectivity index (χ2n) is 11.4. The number of aliphatic hydroxyl groups is 1. The van der Waals surface area contributed by atoms with Crippen LogP contribution < -0.4 is 5.32 Å². The molecule has 40 heavy (non-hydrogen) atoms. The third-order valence-electron chi connectivity index (χ3n) is 8.74. The van der Waals surface area contributed by atoms with Crippen molar-refractivity contribution in [3.63, 3.8) is 0 Å². The summed E-state index contributed by atoms with van der Waals surface area (Å²) in [4.78, 5) is 56.7. The molecule has 1 aliphatic carbocycles. The van der Waals surface area contributed by atoms with Gasteiger partial charge in [-0.1, -0.05) is 47.3 Å². The van der Waals surface area contributed by atoms with Crippen molar-refractivity contribution in [2.24, 2.45) is 11.8 Å². The zero-order valence-electron chi connectivity index (χ0n) is 23.3. The number of carbonyl (C=O) groups is 4. The molecular weight excluding hydrogens is 582 g/mol. The summed E-state index contributed by atoms with van der Waals surface area (Å²) >= 11 is 3.66. The molecule has 0 radical (unpaired) electrons. The van der Waals surface area contributed by atoms with Crippen LogP contribution >= 0.6 is 15.9 Å². The highest BCUT2D eigenvalue weighted by Gasteiger charge is 2.77. The van der Waals surface area contributed by atoms with Crippen LogP contribution in [0.5, 0.6) is 0 Å². The Bertz CT molecular complexity index is 1000. The van der Waals surface area contributed by atoms with Gasteiger partial charge in [-0.2, -0.15) is 0 Å². The Hall–Kier alpha value is -2.24. The molecule has 3 heterocycles. The molecule has 3 saturated heterocycles. The van der Waals surface area contributed by atoms with Gasteiger partial charge in [-0.25, -0.2) is 0 Å². The molecule has 2 bridgehead atoms. The van der Waals surface area contributed by atoms with Crippen LogP contribution in [0.1, 0.15) is 58.3 Å². The Kier molecular flexibility index (Phi) is 10.1. The maximum Gasteiger partial charge on any atom is 0.312 e. The van der Waals surface area contributed by atoms with Crippen LogP contribution in [0.4, 0.5) is 0 Å². The highest BCUT2D eigenvalue weighted by molar-refractivity contribution is 9.09. The Balaban J connectivity index is 1.57. The van der Waals surface area contributed by atoms with Crippen molar-refractivity contribution in [2.75, 3.05) is 26.2 Å². The molecule has 4 fully saturated rings. The number of alkyl halides is 1. The summed E-state index contributed by atoms with van der Waals surface area (Å²) < 4.78 is 12.2. The van der Waals surface area contributed by atoms with Crippen molar-refractivity contribution in [2.45, 2.75) is 93.0 Å². The van der Waals surface area contributed by atoms with Gasteiger partial charge >= 0.3 is 5.97 Å². The second kappa shape index (κ2) is 13.2. The Labute approximate surface area is 244 Å². The average molecular weight is 625 g/mol. The number of fused-ring (bicyclic) bond motifs is 1. The highest BCUT2D eigenvalue weighted by Crippen LogP contribution is 2.60. The first-order valence-corrected chi connectivity index (χ1v) is 15.3. The van der Waals surface area contributed by atoms with E-state index < -0.39 is 41.7 Å². The lowest BCUT2D eigenvalue weighted by Gasteiger charge is -2.40. The number of β-amino-alcohol motifs (C(OH)–C–C–N with tert-alkyl or cyclic N) is 1. The van der Waals surface area contributed by atoms with Crippen molar-refractivity contribution in [1.82, 2.24) is 15.1 Å². The lowest BCUT2D eigenvalue weighted by Crippen LogP contribution is -2.59. The number of carbonyl (C=O) groups excluding carboxylic acids is 4. The number of aliphatic hydroxyl groups excluding tert-OH is 1. The van der Waals surface area contributed by atoms with Crippen molar-refractivity contribution < 1.29 is 33.8 Å². The van der Waals surface area contributed by atoms with Crippen molar-refractivity contribution in [3.05, 3.63) is 25.3 Å². The van der Waals surface area contributed by atoms with E-state index in [1.54, 1.807) is 19.1 Å². The van der Waals surface area contributed by atoms with Gasteiger partial charge in [-0.3, -0.25) is 19.2 Å². The van der Waals surface area contributed by atoms with Crippen LogP contribution in [0.15, 0.2) is 25.3 Å². The maximum absolute atomic E-state index is 14.3. The molecule has 1 spiro atoms. The molecular formula is C29H42BrN3O7. The molecule has 1 unspecified atom stereocenters. The number of halogens is 1. The van der Waals surface area contributed by atoms with Gasteiger partial charge in [0.2, 0.25) is 17.7 Å².